The van der Waals surface area contributed by atoms with E-state index in [1.165, 1.54) is 77.0 Å². The van der Waals surface area contributed by atoms with Gasteiger partial charge in [0, 0.05) is 164 Å². The number of rotatable bonds is 11. The molecule has 94 heavy (non-hydrogen) atoms. The predicted molar refractivity (Wildman–Crippen MR) is 355 cm³/mol. The van der Waals surface area contributed by atoms with Crippen molar-refractivity contribution < 1.29 is 66.8 Å². The summed E-state index contributed by atoms with van der Waals surface area (Å²) in [5, 5.41) is 21.0. The van der Waals surface area contributed by atoms with Crippen molar-refractivity contribution in [1.29, 1.82) is 0 Å². The highest BCUT2D eigenvalue weighted by molar-refractivity contribution is 6.33. The fourth-order valence-corrected chi connectivity index (χ4v) is 12.1. The fourth-order valence-electron chi connectivity index (χ4n) is 11.2. The van der Waals surface area contributed by atoms with Crippen LogP contribution in [-0.4, -0.2) is 250 Å². The van der Waals surface area contributed by atoms with E-state index in [1.54, 1.807) is 11.8 Å². The number of ether oxygens (including phenoxy) is 5. The van der Waals surface area contributed by atoms with E-state index < -0.39 is 47.3 Å². The van der Waals surface area contributed by atoms with Crippen LogP contribution in [0.3, 0.4) is 0 Å². The van der Waals surface area contributed by atoms with Crippen molar-refractivity contribution in [3.63, 3.8) is 0 Å². The molecule has 4 aromatic rings. The largest absolute Gasteiger partial charge is 0.495 e. The van der Waals surface area contributed by atoms with Crippen LogP contribution in [0, 0.1) is 0 Å². The molecule has 4 heterocycles. The molecule has 0 spiro atoms. The van der Waals surface area contributed by atoms with Crippen LogP contribution in [0.4, 0.5) is 0 Å². The average molecular weight is 1390 g/mol. The Morgan fingerprint density at radius 3 is 0.872 bits per heavy atom. The number of halogens is 4. The SMILES string of the molecule is CCOC(=O)CCCCCN1CCN2CCNC(=O)c3cc(Cl)cc(c3OC)C(=O)NCCN(CCNC(=O)c3cc(Cl)cc(c3OC)C1=O)CCN1CCNC(=O)c3cc(Cl)cc(c3OC)C(=O)NCCN(CCNC(=O)c3cc(Cl)cc(c3OC)C(=O)NCC1)CC2. The first-order chi connectivity index (χ1) is 45.3. The van der Waals surface area contributed by atoms with Crippen LogP contribution in [0.15, 0.2) is 48.5 Å². The van der Waals surface area contributed by atoms with Crippen molar-refractivity contribution in [2.24, 2.45) is 0 Å². The summed E-state index contributed by atoms with van der Waals surface area (Å²) in [5.74, 6) is -5.05. The zero-order valence-corrected chi connectivity index (χ0v) is 56.5. The molecular weight excluding hydrogens is 1300 g/mol. The molecule has 26 nitrogen and oxygen atoms in total. The second kappa shape index (κ2) is 36.8. The highest BCUT2D eigenvalue weighted by Crippen LogP contribution is 2.33. The number of nitrogens with one attached hydrogen (secondary N) is 7. The van der Waals surface area contributed by atoms with Crippen LogP contribution in [0.5, 0.6) is 23.0 Å². The number of nitrogens with zero attached hydrogens (tertiary/aromatic N) is 5. The number of hydrogen-bond acceptors (Lipinski definition) is 18. The van der Waals surface area contributed by atoms with E-state index in [0.717, 1.165) is 0 Å². The minimum atomic E-state index is -0.596. The van der Waals surface area contributed by atoms with E-state index in [0.29, 0.717) is 19.3 Å². The lowest BCUT2D eigenvalue weighted by Gasteiger charge is -2.31. The highest BCUT2D eigenvalue weighted by atomic mass is 35.5. The van der Waals surface area contributed by atoms with Gasteiger partial charge in [0.25, 0.3) is 47.3 Å². The third kappa shape index (κ3) is 20.7. The number of benzene rings is 4. The van der Waals surface area contributed by atoms with E-state index in [4.69, 9.17) is 70.1 Å². The van der Waals surface area contributed by atoms with E-state index >= 15 is 4.79 Å². The van der Waals surface area contributed by atoms with Gasteiger partial charge >= 0.3 is 5.97 Å². The molecule has 0 radical (unpaired) electrons. The van der Waals surface area contributed by atoms with Crippen molar-refractivity contribution in [2.45, 2.75) is 32.6 Å². The van der Waals surface area contributed by atoms with Crippen molar-refractivity contribution in [2.75, 3.05) is 172 Å². The Morgan fingerprint density at radius 2 is 0.606 bits per heavy atom. The first kappa shape index (κ1) is 73.7. The van der Waals surface area contributed by atoms with Gasteiger partial charge in [0.05, 0.1) is 79.6 Å². The lowest BCUT2D eigenvalue weighted by molar-refractivity contribution is -0.143. The third-order valence-electron chi connectivity index (χ3n) is 16.0. The minimum absolute atomic E-state index is 0.000925. The zero-order chi connectivity index (χ0) is 67.8. The molecule has 8 amide bonds. The maximum Gasteiger partial charge on any atom is 0.305 e. The minimum Gasteiger partial charge on any atom is -0.495 e. The first-order valence-electron chi connectivity index (χ1n) is 31.1. The maximum absolute atomic E-state index is 15.2. The molecular formula is C64H82Cl4N12O14. The van der Waals surface area contributed by atoms with Gasteiger partial charge in [-0.05, 0) is 68.3 Å². The van der Waals surface area contributed by atoms with Crippen LogP contribution in [-0.2, 0) is 9.53 Å². The second-order valence-electron chi connectivity index (χ2n) is 22.2. The van der Waals surface area contributed by atoms with Crippen LogP contribution >= 0.6 is 46.4 Å². The number of carbonyl (C=O) groups excluding carboxylic acids is 9. The molecule has 0 aromatic heterocycles. The van der Waals surface area contributed by atoms with Crippen molar-refractivity contribution in [1.82, 2.24) is 61.7 Å². The summed E-state index contributed by atoms with van der Waals surface area (Å²) >= 11 is 26.7. The summed E-state index contributed by atoms with van der Waals surface area (Å²) in [6.45, 7) is 4.84. The molecule has 4 aliphatic heterocycles. The molecule has 4 aliphatic rings. The van der Waals surface area contributed by atoms with Crippen molar-refractivity contribution in [3.05, 3.63) is 113 Å². The lowest BCUT2D eigenvalue weighted by atomic mass is 10.1. The van der Waals surface area contributed by atoms with Gasteiger partial charge in [-0.1, -0.05) is 52.8 Å². The van der Waals surface area contributed by atoms with Crippen LogP contribution < -0.4 is 56.2 Å². The van der Waals surface area contributed by atoms with Gasteiger partial charge in [-0.25, -0.2) is 0 Å². The molecule has 8 rings (SSSR count). The van der Waals surface area contributed by atoms with Gasteiger partial charge < -0.3 is 65.8 Å². The molecule has 4 aromatic carbocycles. The molecule has 12 bridgehead atoms. The Hall–Kier alpha value is -7.69. The fraction of sp³-hybridized carbons (Fsp3) is 0.484. The molecule has 0 saturated heterocycles. The monoisotopic (exact) mass is 1380 g/mol. The van der Waals surface area contributed by atoms with E-state index in [2.05, 4.69) is 37.2 Å². The number of carbonyl (C=O) groups is 9. The predicted octanol–water partition coefficient (Wildman–Crippen LogP) is 4.36. The molecule has 2 atom stereocenters. The number of hydrogen-bond donors (Lipinski definition) is 7. The standard InChI is InChI=1S/C64H82Cl4N12O14/c1-6-94-52(81)10-8-7-9-18-80-31-30-79-25-17-75-62(87)49-37-42(67)36-48(55(49)92-4)59(84)71-13-21-77(22-16-74-63(88)50-38-43(68)39-51(64(80)89)56(50)93-5)27-26-76-19-11-69-57(82)44-32-40(65)34-46(53(44)90-2)60(85)72-14-23-78(28-29-79)24-15-73-61(86)47-35-41(66)33-45(54(47)91-3)58(83)70-12-20-76/h32-39H,6-31H2,1-5H3,(H,69,82)(H,70,83)(H,71,84)(H,72,85)(H,73,86)(H,74,88)(H,75,87). The summed E-state index contributed by atoms with van der Waals surface area (Å²) in [6.07, 6.45) is 1.68. The molecule has 0 fully saturated rings. The third-order valence-corrected chi connectivity index (χ3v) is 16.9. The van der Waals surface area contributed by atoms with E-state index in [-0.39, 0.29) is 244 Å². The highest BCUT2D eigenvalue weighted by Gasteiger charge is 2.30. The molecule has 30 heteroatoms. The molecule has 510 valence electrons. The van der Waals surface area contributed by atoms with Crippen LogP contribution in [0.25, 0.3) is 0 Å². The van der Waals surface area contributed by atoms with Crippen LogP contribution in [0.2, 0.25) is 20.1 Å². The van der Waals surface area contributed by atoms with E-state index in [9.17, 15) is 38.4 Å². The van der Waals surface area contributed by atoms with E-state index in [1.807, 2.05) is 19.6 Å². The first-order valence-corrected chi connectivity index (χ1v) is 32.6. The summed E-state index contributed by atoms with van der Waals surface area (Å²) in [4.78, 5) is 137. The number of amides is 8. The van der Waals surface area contributed by atoms with Gasteiger partial charge in [0.15, 0.2) is 0 Å². The van der Waals surface area contributed by atoms with Gasteiger partial charge in [-0.2, -0.15) is 0 Å². The normalized spacial score (nSPS) is 19.9. The number of fused-ring (bicyclic) bond motifs is 16. The van der Waals surface area contributed by atoms with Crippen molar-refractivity contribution >= 4 is 99.6 Å². The maximum atomic E-state index is 15.2. The van der Waals surface area contributed by atoms with Gasteiger partial charge in [-0.15, -0.1) is 0 Å². The zero-order valence-electron chi connectivity index (χ0n) is 53.5. The van der Waals surface area contributed by atoms with Crippen molar-refractivity contribution in [3.8, 4) is 23.0 Å². The quantitative estimate of drug-likeness (QED) is 0.0811. The number of esters is 1. The Labute approximate surface area is 566 Å². The van der Waals surface area contributed by atoms with Gasteiger partial charge in [-0.3, -0.25) is 62.8 Å². The Morgan fingerprint density at radius 1 is 0.362 bits per heavy atom. The Kier molecular flexibility index (Phi) is 28.9. The number of unbranched alkanes of at least 4 members (excludes halogenated alkanes) is 2. The average Bonchev–Trinajstić information content (AvgIpc) is 0.834. The topological polar surface area (TPSA) is 300 Å². The molecule has 2 unspecified atom stereocenters. The summed E-state index contributed by atoms with van der Waals surface area (Å²) in [6, 6.07) is 11.3. The Balaban J connectivity index is 1.38. The van der Waals surface area contributed by atoms with Crippen LogP contribution in [0.1, 0.15) is 115 Å². The number of methoxy groups -OCH3 is 4. The Bertz CT molecular complexity index is 3300. The lowest BCUT2D eigenvalue weighted by Crippen LogP contribution is -2.46. The summed E-state index contributed by atoms with van der Waals surface area (Å²) in [7, 11) is 5.37. The smallest absolute Gasteiger partial charge is 0.305 e. The summed E-state index contributed by atoms with van der Waals surface area (Å²) in [5.41, 5.74) is -0.00264. The summed E-state index contributed by atoms with van der Waals surface area (Å²) < 4.78 is 28.3. The second-order valence-corrected chi connectivity index (χ2v) is 23.9. The molecule has 0 aliphatic carbocycles. The molecule has 0 saturated carbocycles. The van der Waals surface area contributed by atoms with Gasteiger partial charge in [0.1, 0.15) is 23.0 Å². The molecule has 7 N–H and O–H groups in total. The van der Waals surface area contributed by atoms with Gasteiger partial charge in [0.2, 0.25) is 0 Å².